The van der Waals surface area contributed by atoms with Crippen LogP contribution in [-0.2, 0) is 0 Å². The number of hydrogen-bond acceptors (Lipinski definition) is 0. The number of rotatable bonds is 1. The van der Waals surface area contributed by atoms with Crippen molar-refractivity contribution >= 4 is 0 Å². The largest absolute Gasteiger partial charge is 0.392 e. The van der Waals surface area contributed by atoms with Gasteiger partial charge in [0.2, 0.25) is 5.92 Å². The minimum atomic E-state index is -4.16. The van der Waals surface area contributed by atoms with Crippen molar-refractivity contribution in [3.8, 4) is 0 Å². The predicted molar refractivity (Wildman–Crippen MR) is 58.4 cm³/mol. The summed E-state index contributed by atoms with van der Waals surface area (Å²) in [5.74, 6) is -4.49. The summed E-state index contributed by atoms with van der Waals surface area (Å²) < 4.78 is 65.0. The fraction of sp³-hybridized carbons (Fsp3) is 1.00. The van der Waals surface area contributed by atoms with Crippen LogP contribution in [0.15, 0.2) is 0 Å². The van der Waals surface area contributed by atoms with Gasteiger partial charge in [0, 0.05) is 12.8 Å². The third-order valence-corrected chi connectivity index (χ3v) is 4.61. The molecule has 2 unspecified atom stereocenters. The van der Waals surface area contributed by atoms with Gasteiger partial charge in [-0.05, 0) is 37.5 Å². The maximum atomic E-state index is 13.1. The molecule has 2 rings (SSSR count). The molecule has 0 radical (unpaired) electrons. The first-order valence-electron chi connectivity index (χ1n) is 6.74. The Balaban J connectivity index is 2.02. The standard InChI is InChI=1S/C13H19F5/c14-12(15)7-5-9(6-8-12)10-3-1-2-4-11(10)13(16,17)18/h9-11H,1-8H2. The molecule has 0 spiro atoms. The summed E-state index contributed by atoms with van der Waals surface area (Å²) in [6.07, 6.45) is -1.97. The van der Waals surface area contributed by atoms with Gasteiger partial charge in [0.05, 0.1) is 5.92 Å². The quantitative estimate of drug-likeness (QED) is 0.576. The van der Waals surface area contributed by atoms with Crippen LogP contribution < -0.4 is 0 Å². The van der Waals surface area contributed by atoms with Crippen molar-refractivity contribution < 1.29 is 22.0 Å². The Morgan fingerprint density at radius 2 is 1.39 bits per heavy atom. The van der Waals surface area contributed by atoms with Gasteiger partial charge in [0.1, 0.15) is 0 Å². The molecule has 2 saturated carbocycles. The van der Waals surface area contributed by atoms with E-state index in [0.717, 1.165) is 6.42 Å². The minimum Gasteiger partial charge on any atom is -0.207 e. The van der Waals surface area contributed by atoms with Crippen molar-refractivity contribution in [2.45, 2.75) is 63.5 Å². The van der Waals surface area contributed by atoms with E-state index in [4.69, 9.17) is 0 Å². The van der Waals surface area contributed by atoms with Gasteiger partial charge in [-0.15, -0.1) is 0 Å². The summed E-state index contributed by atoms with van der Waals surface area (Å²) in [4.78, 5) is 0. The Morgan fingerprint density at radius 3 is 1.94 bits per heavy atom. The number of alkyl halides is 5. The lowest BCUT2D eigenvalue weighted by Crippen LogP contribution is -2.39. The molecule has 0 aromatic heterocycles. The van der Waals surface area contributed by atoms with E-state index in [2.05, 4.69) is 0 Å². The Kier molecular flexibility index (Phi) is 3.88. The second-order valence-electron chi connectivity index (χ2n) is 5.79. The summed E-state index contributed by atoms with van der Waals surface area (Å²) in [7, 11) is 0. The van der Waals surface area contributed by atoms with Gasteiger partial charge in [0.25, 0.3) is 0 Å². The lowest BCUT2D eigenvalue weighted by Gasteiger charge is -2.41. The van der Waals surface area contributed by atoms with Crippen LogP contribution in [0, 0.1) is 17.8 Å². The molecule has 5 heteroatoms. The fourth-order valence-electron chi connectivity index (χ4n) is 3.62. The summed E-state index contributed by atoms with van der Waals surface area (Å²) >= 11 is 0. The number of hydrogen-bond donors (Lipinski definition) is 0. The average molecular weight is 270 g/mol. The van der Waals surface area contributed by atoms with E-state index >= 15 is 0 Å². The first kappa shape index (κ1) is 14.1. The van der Waals surface area contributed by atoms with Gasteiger partial charge in [-0.2, -0.15) is 13.2 Å². The van der Waals surface area contributed by atoms with E-state index < -0.39 is 23.9 Å². The molecule has 0 bridgehead atoms. The van der Waals surface area contributed by atoms with E-state index in [0.29, 0.717) is 12.8 Å². The zero-order valence-corrected chi connectivity index (χ0v) is 10.3. The van der Waals surface area contributed by atoms with E-state index in [1.54, 1.807) is 0 Å². The molecule has 2 aliphatic carbocycles. The monoisotopic (exact) mass is 270 g/mol. The maximum absolute atomic E-state index is 13.1. The van der Waals surface area contributed by atoms with Crippen molar-refractivity contribution in [1.82, 2.24) is 0 Å². The van der Waals surface area contributed by atoms with Gasteiger partial charge in [-0.25, -0.2) is 8.78 Å². The molecule has 0 N–H and O–H groups in total. The Hall–Kier alpha value is -0.350. The zero-order chi connectivity index (χ0) is 13.4. The first-order valence-corrected chi connectivity index (χ1v) is 6.74. The van der Waals surface area contributed by atoms with Gasteiger partial charge in [0.15, 0.2) is 0 Å². The van der Waals surface area contributed by atoms with E-state index in [9.17, 15) is 22.0 Å². The SMILES string of the molecule is FC1(F)CCC(C2CCCCC2C(F)(F)F)CC1. The van der Waals surface area contributed by atoms with Crippen LogP contribution in [0.2, 0.25) is 0 Å². The molecule has 2 atom stereocenters. The van der Waals surface area contributed by atoms with E-state index in [1.807, 2.05) is 0 Å². The predicted octanol–water partition coefficient (Wildman–Crippen LogP) is 5.18. The second-order valence-corrected chi connectivity index (χ2v) is 5.79. The highest BCUT2D eigenvalue weighted by atomic mass is 19.4. The van der Waals surface area contributed by atoms with Crippen LogP contribution in [0.1, 0.15) is 51.4 Å². The van der Waals surface area contributed by atoms with Gasteiger partial charge in [-0.3, -0.25) is 0 Å². The summed E-state index contributed by atoms with van der Waals surface area (Å²) in [6.45, 7) is 0. The Labute approximate surface area is 104 Å². The molecule has 0 nitrogen and oxygen atoms in total. The van der Waals surface area contributed by atoms with Crippen molar-refractivity contribution in [2.75, 3.05) is 0 Å². The molecule has 0 aromatic rings. The van der Waals surface area contributed by atoms with Crippen molar-refractivity contribution in [1.29, 1.82) is 0 Å². The van der Waals surface area contributed by atoms with Gasteiger partial charge >= 0.3 is 6.18 Å². The highest BCUT2D eigenvalue weighted by molar-refractivity contribution is 4.88. The Morgan fingerprint density at radius 1 is 0.833 bits per heavy atom. The molecule has 2 aliphatic rings. The van der Waals surface area contributed by atoms with Gasteiger partial charge < -0.3 is 0 Å². The molecule has 0 heterocycles. The molecule has 0 aliphatic heterocycles. The molecule has 18 heavy (non-hydrogen) atoms. The minimum absolute atomic E-state index is 0.156. The summed E-state index contributed by atoms with van der Waals surface area (Å²) in [6, 6.07) is 0. The molecular weight excluding hydrogens is 251 g/mol. The molecule has 0 aromatic carbocycles. The number of halogens is 5. The zero-order valence-electron chi connectivity index (χ0n) is 10.3. The third kappa shape index (κ3) is 3.15. The van der Waals surface area contributed by atoms with Crippen LogP contribution in [0.3, 0.4) is 0 Å². The molecular formula is C13H19F5. The van der Waals surface area contributed by atoms with Crippen LogP contribution in [-0.4, -0.2) is 12.1 Å². The Bertz CT molecular complexity index is 274. The van der Waals surface area contributed by atoms with E-state index in [1.165, 1.54) is 0 Å². The third-order valence-electron chi connectivity index (χ3n) is 4.61. The van der Waals surface area contributed by atoms with Crippen molar-refractivity contribution in [3.05, 3.63) is 0 Å². The molecule has 0 amide bonds. The van der Waals surface area contributed by atoms with Crippen LogP contribution >= 0.6 is 0 Å². The lowest BCUT2D eigenvalue weighted by atomic mass is 9.67. The first-order chi connectivity index (χ1) is 8.30. The van der Waals surface area contributed by atoms with Crippen LogP contribution in [0.4, 0.5) is 22.0 Å². The van der Waals surface area contributed by atoms with Gasteiger partial charge in [-0.1, -0.05) is 12.8 Å². The van der Waals surface area contributed by atoms with Crippen molar-refractivity contribution in [2.24, 2.45) is 17.8 Å². The molecule has 0 saturated heterocycles. The molecule has 2 fully saturated rings. The average Bonchev–Trinajstić information content (AvgIpc) is 2.28. The summed E-state index contributed by atoms with van der Waals surface area (Å²) in [5, 5.41) is 0. The fourth-order valence-corrected chi connectivity index (χ4v) is 3.62. The normalized spacial score (nSPS) is 34.5. The van der Waals surface area contributed by atoms with Crippen LogP contribution in [0.5, 0.6) is 0 Å². The smallest absolute Gasteiger partial charge is 0.207 e. The topological polar surface area (TPSA) is 0 Å². The summed E-state index contributed by atoms with van der Waals surface area (Å²) in [5.41, 5.74) is 0. The molecule has 106 valence electrons. The van der Waals surface area contributed by atoms with Crippen LogP contribution in [0.25, 0.3) is 0 Å². The lowest BCUT2D eigenvalue weighted by molar-refractivity contribution is -0.205. The second kappa shape index (κ2) is 4.97. The van der Waals surface area contributed by atoms with E-state index in [-0.39, 0.29) is 38.0 Å². The highest BCUT2D eigenvalue weighted by Crippen LogP contribution is 2.49. The van der Waals surface area contributed by atoms with Crippen molar-refractivity contribution in [3.63, 3.8) is 0 Å². The maximum Gasteiger partial charge on any atom is 0.392 e. The highest BCUT2D eigenvalue weighted by Gasteiger charge is 2.49.